The summed E-state index contributed by atoms with van der Waals surface area (Å²) in [4.78, 5) is 12.8. The topological polar surface area (TPSA) is 71.4 Å². The summed E-state index contributed by atoms with van der Waals surface area (Å²) < 4.78 is 12.0. The van der Waals surface area contributed by atoms with Gasteiger partial charge >= 0.3 is 0 Å². The molecular formula is C28H22Cl4N2O3. The lowest BCUT2D eigenvalue weighted by Gasteiger charge is -2.17. The average molecular weight is 576 g/mol. The van der Waals surface area contributed by atoms with Crippen LogP contribution in [0.15, 0.2) is 66.8 Å². The van der Waals surface area contributed by atoms with Crippen molar-refractivity contribution in [3.8, 4) is 17.6 Å². The minimum absolute atomic E-state index is 0.132. The highest BCUT2D eigenvalue weighted by atomic mass is 35.5. The minimum Gasteiger partial charge on any atom is -0.490 e. The number of nitrogens with zero attached hydrogens (tertiary/aromatic N) is 1. The number of hydrogen-bond acceptors (Lipinski definition) is 4. The first-order chi connectivity index (χ1) is 17.8. The normalized spacial score (nSPS) is 11.0. The number of amides is 1. The van der Waals surface area contributed by atoms with Crippen LogP contribution in [-0.2, 0) is 17.8 Å². The zero-order valence-electron chi connectivity index (χ0n) is 19.8. The van der Waals surface area contributed by atoms with Gasteiger partial charge in [-0.05, 0) is 66.9 Å². The Morgan fingerprint density at radius 2 is 1.84 bits per heavy atom. The summed E-state index contributed by atoms with van der Waals surface area (Å²) in [6.07, 6.45) is 3.65. The number of allylic oxidation sites excluding steroid dienone is 1. The first kappa shape index (κ1) is 28.4. The Labute approximate surface area is 235 Å². The third-order valence-corrected chi connectivity index (χ3v) is 6.62. The summed E-state index contributed by atoms with van der Waals surface area (Å²) in [7, 11) is 0. The maximum absolute atomic E-state index is 12.8. The summed E-state index contributed by atoms with van der Waals surface area (Å²) in [6, 6.07) is 15.6. The van der Waals surface area contributed by atoms with Crippen molar-refractivity contribution < 1.29 is 14.3 Å². The number of rotatable bonds is 10. The zero-order chi connectivity index (χ0) is 26.9. The molecule has 0 aliphatic rings. The summed E-state index contributed by atoms with van der Waals surface area (Å²) in [5.41, 5.74) is 2.34. The van der Waals surface area contributed by atoms with E-state index in [-0.39, 0.29) is 22.2 Å². The van der Waals surface area contributed by atoms with E-state index in [9.17, 15) is 10.1 Å². The molecule has 0 unspecified atom stereocenters. The van der Waals surface area contributed by atoms with Gasteiger partial charge in [0.2, 0.25) is 0 Å². The highest BCUT2D eigenvalue weighted by Gasteiger charge is 2.17. The maximum Gasteiger partial charge on any atom is 0.266 e. The first-order valence-corrected chi connectivity index (χ1v) is 12.6. The van der Waals surface area contributed by atoms with Crippen LogP contribution < -0.4 is 14.8 Å². The number of nitriles is 1. The molecule has 1 N–H and O–H groups in total. The van der Waals surface area contributed by atoms with Crippen LogP contribution in [0, 0.1) is 11.3 Å². The van der Waals surface area contributed by atoms with Crippen LogP contribution in [0.4, 0.5) is 5.69 Å². The third-order valence-electron chi connectivity index (χ3n) is 5.06. The van der Waals surface area contributed by atoms with Gasteiger partial charge in [0.15, 0.2) is 11.5 Å². The number of carbonyl (C=O) groups excluding carboxylic acids is 1. The van der Waals surface area contributed by atoms with Crippen molar-refractivity contribution in [1.29, 1.82) is 5.26 Å². The van der Waals surface area contributed by atoms with Gasteiger partial charge in [0.1, 0.15) is 18.2 Å². The van der Waals surface area contributed by atoms with Gasteiger partial charge in [0.25, 0.3) is 5.91 Å². The van der Waals surface area contributed by atoms with E-state index < -0.39 is 5.91 Å². The lowest BCUT2D eigenvalue weighted by Crippen LogP contribution is -2.13. The maximum atomic E-state index is 12.8. The molecule has 0 radical (unpaired) electrons. The standard InChI is InChI=1S/C28H22Cl4N2O3/c1-3-6-19-11-18(12-20(15-33)28(35)34-24-8-5-7-22(30)26(24)32)14-25(36-4-2)27(19)37-16-17-9-10-21(29)23(31)13-17/h3,5,7-14H,1,4,6,16H2,2H3,(H,34,35)/b20-12-. The van der Waals surface area contributed by atoms with Crippen LogP contribution in [0.5, 0.6) is 11.5 Å². The molecule has 0 aliphatic carbocycles. The number of benzene rings is 3. The van der Waals surface area contributed by atoms with Crippen molar-refractivity contribution >= 4 is 64.1 Å². The predicted molar refractivity (Wildman–Crippen MR) is 151 cm³/mol. The molecule has 1 amide bonds. The first-order valence-electron chi connectivity index (χ1n) is 11.1. The van der Waals surface area contributed by atoms with Gasteiger partial charge in [-0.15, -0.1) is 6.58 Å². The van der Waals surface area contributed by atoms with E-state index in [1.54, 1.807) is 42.5 Å². The second kappa shape index (κ2) is 13.4. The monoisotopic (exact) mass is 574 g/mol. The second-order valence-electron chi connectivity index (χ2n) is 7.70. The van der Waals surface area contributed by atoms with Crippen LogP contribution in [0.25, 0.3) is 6.08 Å². The molecular weight excluding hydrogens is 554 g/mol. The van der Waals surface area contributed by atoms with Gasteiger partial charge in [-0.1, -0.05) is 64.6 Å². The van der Waals surface area contributed by atoms with Crippen molar-refractivity contribution in [2.24, 2.45) is 0 Å². The number of carbonyl (C=O) groups is 1. The van der Waals surface area contributed by atoms with Gasteiger partial charge in [-0.3, -0.25) is 4.79 Å². The SMILES string of the molecule is C=CCc1cc(/C=C(/C#N)C(=O)Nc2cccc(Cl)c2Cl)cc(OCC)c1OCc1ccc(Cl)c(Cl)c1. The fraction of sp³-hybridized carbons (Fsp3) is 0.143. The van der Waals surface area contributed by atoms with Crippen LogP contribution in [0.1, 0.15) is 23.6 Å². The molecule has 3 aromatic rings. The fourth-order valence-corrected chi connectivity index (χ4v) is 4.06. The molecule has 5 nitrogen and oxygen atoms in total. The van der Waals surface area contributed by atoms with E-state index >= 15 is 0 Å². The molecule has 0 fully saturated rings. The molecule has 0 atom stereocenters. The Morgan fingerprint density at radius 1 is 1.05 bits per heavy atom. The van der Waals surface area contributed by atoms with Gasteiger partial charge in [-0.25, -0.2) is 0 Å². The number of anilines is 1. The Morgan fingerprint density at radius 3 is 2.51 bits per heavy atom. The third kappa shape index (κ3) is 7.44. The Bertz CT molecular complexity index is 1400. The largest absolute Gasteiger partial charge is 0.490 e. The molecule has 0 aromatic heterocycles. The smallest absolute Gasteiger partial charge is 0.266 e. The lowest BCUT2D eigenvalue weighted by molar-refractivity contribution is -0.112. The summed E-state index contributed by atoms with van der Waals surface area (Å²) in [6.45, 7) is 6.28. The number of nitrogens with one attached hydrogen (secondary N) is 1. The van der Waals surface area contributed by atoms with Crippen molar-refractivity contribution in [1.82, 2.24) is 0 Å². The molecule has 0 saturated carbocycles. The van der Waals surface area contributed by atoms with Gasteiger partial charge < -0.3 is 14.8 Å². The van der Waals surface area contributed by atoms with E-state index in [4.69, 9.17) is 55.9 Å². The van der Waals surface area contributed by atoms with E-state index in [2.05, 4.69) is 11.9 Å². The quantitative estimate of drug-likeness (QED) is 0.149. The Kier molecular flexibility index (Phi) is 10.3. The van der Waals surface area contributed by atoms with Crippen molar-refractivity contribution in [3.63, 3.8) is 0 Å². The fourth-order valence-electron chi connectivity index (χ4n) is 3.39. The predicted octanol–water partition coefficient (Wildman–Crippen LogP) is 8.55. The molecule has 190 valence electrons. The van der Waals surface area contributed by atoms with Crippen molar-refractivity contribution in [2.75, 3.05) is 11.9 Å². The molecule has 0 aliphatic heterocycles. The van der Waals surface area contributed by atoms with Crippen molar-refractivity contribution in [3.05, 3.63) is 104 Å². The van der Waals surface area contributed by atoms with E-state index in [0.717, 1.165) is 11.1 Å². The molecule has 0 bridgehead atoms. The van der Waals surface area contributed by atoms with E-state index in [1.807, 2.05) is 25.1 Å². The molecule has 3 rings (SSSR count). The molecule has 0 spiro atoms. The zero-order valence-corrected chi connectivity index (χ0v) is 22.8. The number of ether oxygens (including phenoxy) is 2. The number of hydrogen-bond donors (Lipinski definition) is 1. The molecule has 0 heterocycles. The summed E-state index contributed by atoms with van der Waals surface area (Å²) in [5.74, 6) is 0.359. The van der Waals surface area contributed by atoms with Gasteiger partial charge in [0.05, 0.1) is 32.4 Å². The van der Waals surface area contributed by atoms with E-state index in [1.165, 1.54) is 6.08 Å². The number of halogens is 4. The summed E-state index contributed by atoms with van der Waals surface area (Å²) >= 11 is 24.3. The van der Waals surface area contributed by atoms with Crippen molar-refractivity contribution in [2.45, 2.75) is 20.0 Å². The lowest BCUT2D eigenvalue weighted by atomic mass is 10.0. The van der Waals surface area contributed by atoms with Crippen LogP contribution in [0.2, 0.25) is 20.1 Å². The molecule has 0 saturated heterocycles. The Balaban J connectivity index is 1.94. The van der Waals surface area contributed by atoms with Gasteiger partial charge in [-0.2, -0.15) is 5.26 Å². The van der Waals surface area contributed by atoms with E-state index in [0.29, 0.717) is 45.8 Å². The highest BCUT2D eigenvalue weighted by molar-refractivity contribution is 6.44. The van der Waals surface area contributed by atoms with Crippen LogP contribution in [0.3, 0.4) is 0 Å². The minimum atomic E-state index is -0.630. The van der Waals surface area contributed by atoms with Crippen LogP contribution in [-0.4, -0.2) is 12.5 Å². The highest BCUT2D eigenvalue weighted by Crippen LogP contribution is 2.36. The second-order valence-corrected chi connectivity index (χ2v) is 9.30. The average Bonchev–Trinajstić information content (AvgIpc) is 2.87. The van der Waals surface area contributed by atoms with Crippen LogP contribution >= 0.6 is 46.4 Å². The molecule has 37 heavy (non-hydrogen) atoms. The summed E-state index contributed by atoms with van der Waals surface area (Å²) in [5, 5.41) is 13.7. The Hall–Kier alpha value is -3.14. The molecule has 3 aromatic carbocycles. The molecule has 9 heteroatoms. The van der Waals surface area contributed by atoms with Gasteiger partial charge in [0, 0.05) is 5.56 Å².